The summed E-state index contributed by atoms with van der Waals surface area (Å²) in [5.41, 5.74) is 1.42. The van der Waals surface area contributed by atoms with E-state index in [0.29, 0.717) is 30.8 Å². The SMILES string of the molecule is O=C(c1cccnc1Cl)N1CCN(CCNc2cc(=O)oc3ccccc23)CC1. The van der Waals surface area contributed by atoms with Crippen LogP contribution < -0.4 is 10.9 Å². The molecule has 7 nitrogen and oxygen atoms in total. The Labute approximate surface area is 172 Å². The number of rotatable bonds is 5. The van der Waals surface area contributed by atoms with Gasteiger partial charge >= 0.3 is 5.63 Å². The Morgan fingerprint density at radius 3 is 2.72 bits per heavy atom. The van der Waals surface area contributed by atoms with Crippen LogP contribution in [-0.2, 0) is 0 Å². The molecule has 29 heavy (non-hydrogen) atoms. The molecule has 0 radical (unpaired) electrons. The van der Waals surface area contributed by atoms with Crippen LogP contribution in [-0.4, -0.2) is 60.0 Å². The molecule has 1 N–H and O–H groups in total. The van der Waals surface area contributed by atoms with E-state index < -0.39 is 0 Å². The van der Waals surface area contributed by atoms with Gasteiger partial charge in [-0.2, -0.15) is 0 Å². The third-order valence-electron chi connectivity index (χ3n) is 5.04. The summed E-state index contributed by atoms with van der Waals surface area (Å²) in [6.45, 7) is 4.34. The van der Waals surface area contributed by atoms with Crippen molar-refractivity contribution in [2.45, 2.75) is 0 Å². The van der Waals surface area contributed by atoms with Gasteiger partial charge in [-0.25, -0.2) is 9.78 Å². The number of aromatic nitrogens is 1. The van der Waals surface area contributed by atoms with Gasteiger partial charge in [-0.15, -0.1) is 0 Å². The van der Waals surface area contributed by atoms with Crippen LogP contribution in [0.3, 0.4) is 0 Å². The van der Waals surface area contributed by atoms with Gasteiger partial charge in [0.1, 0.15) is 10.7 Å². The quantitative estimate of drug-likeness (QED) is 0.512. The molecule has 0 bridgehead atoms. The number of pyridine rings is 1. The topological polar surface area (TPSA) is 78.7 Å². The summed E-state index contributed by atoms with van der Waals surface area (Å²) in [4.78, 5) is 32.4. The maximum Gasteiger partial charge on any atom is 0.338 e. The predicted octanol–water partition coefficient (Wildman–Crippen LogP) is 2.71. The molecular weight excluding hydrogens is 392 g/mol. The highest BCUT2D eigenvalue weighted by molar-refractivity contribution is 6.32. The zero-order valence-corrected chi connectivity index (χ0v) is 16.6. The lowest BCUT2D eigenvalue weighted by molar-refractivity contribution is 0.0642. The smallest absolute Gasteiger partial charge is 0.338 e. The largest absolute Gasteiger partial charge is 0.423 e. The van der Waals surface area contributed by atoms with Crippen molar-refractivity contribution in [3.8, 4) is 0 Å². The second kappa shape index (κ2) is 8.63. The van der Waals surface area contributed by atoms with E-state index in [1.165, 1.54) is 6.07 Å². The van der Waals surface area contributed by atoms with Crippen LogP contribution in [0, 0.1) is 0 Å². The van der Waals surface area contributed by atoms with Crippen molar-refractivity contribution < 1.29 is 9.21 Å². The number of amides is 1. The summed E-state index contributed by atoms with van der Waals surface area (Å²) in [5, 5.41) is 4.46. The number of carbonyl (C=O) groups is 1. The molecule has 8 heteroatoms. The van der Waals surface area contributed by atoms with Crippen LogP contribution in [0.25, 0.3) is 11.0 Å². The van der Waals surface area contributed by atoms with Gasteiger partial charge in [-0.05, 0) is 24.3 Å². The summed E-state index contributed by atoms with van der Waals surface area (Å²) in [7, 11) is 0. The van der Waals surface area contributed by atoms with E-state index in [0.717, 1.165) is 30.7 Å². The molecule has 1 saturated heterocycles. The molecule has 2 aromatic heterocycles. The summed E-state index contributed by atoms with van der Waals surface area (Å²) in [6.07, 6.45) is 1.57. The second-order valence-corrected chi connectivity index (χ2v) is 7.24. The first-order valence-electron chi connectivity index (χ1n) is 9.51. The van der Waals surface area contributed by atoms with Crippen LogP contribution in [0.1, 0.15) is 10.4 Å². The lowest BCUT2D eigenvalue weighted by atomic mass is 10.2. The van der Waals surface area contributed by atoms with E-state index in [4.69, 9.17) is 16.0 Å². The van der Waals surface area contributed by atoms with Gasteiger partial charge in [-0.1, -0.05) is 23.7 Å². The monoisotopic (exact) mass is 412 g/mol. The van der Waals surface area contributed by atoms with Crippen molar-refractivity contribution in [3.05, 3.63) is 69.8 Å². The first kappa shape index (κ1) is 19.4. The minimum Gasteiger partial charge on any atom is -0.423 e. The number of nitrogens with zero attached hydrogens (tertiary/aromatic N) is 3. The molecule has 1 fully saturated rings. The van der Waals surface area contributed by atoms with Gasteiger partial charge in [0.15, 0.2) is 0 Å². The maximum atomic E-state index is 12.6. The number of para-hydroxylation sites is 1. The normalized spacial score (nSPS) is 14.9. The highest BCUT2D eigenvalue weighted by atomic mass is 35.5. The van der Waals surface area contributed by atoms with Crippen molar-refractivity contribution in [1.82, 2.24) is 14.8 Å². The fraction of sp³-hybridized carbons (Fsp3) is 0.286. The zero-order chi connectivity index (χ0) is 20.2. The van der Waals surface area contributed by atoms with E-state index in [9.17, 15) is 9.59 Å². The van der Waals surface area contributed by atoms with Crippen molar-refractivity contribution >= 4 is 34.2 Å². The summed E-state index contributed by atoms with van der Waals surface area (Å²) in [5.74, 6) is -0.0802. The Hall–Kier alpha value is -2.90. The lowest BCUT2D eigenvalue weighted by Gasteiger charge is -2.34. The Morgan fingerprint density at radius 1 is 1.14 bits per heavy atom. The van der Waals surface area contributed by atoms with E-state index in [1.807, 2.05) is 23.1 Å². The number of anilines is 1. The van der Waals surface area contributed by atoms with Gasteiger partial charge in [0.2, 0.25) is 0 Å². The Kier molecular flexibility index (Phi) is 5.78. The van der Waals surface area contributed by atoms with Crippen LogP contribution in [0.5, 0.6) is 0 Å². The highest BCUT2D eigenvalue weighted by Crippen LogP contribution is 2.21. The molecule has 3 aromatic rings. The molecular formula is C21H21ClN4O3. The highest BCUT2D eigenvalue weighted by Gasteiger charge is 2.23. The average Bonchev–Trinajstić information content (AvgIpc) is 2.74. The number of piperazine rings is 1. The minimum absolute atomic E-state index is 0.0802. The number of hydrogen-bond donors (Lipinski definition) is 1. The van der Waals surface area contributed by atoms with E-state index in [2.05, 4.69) is 15.2 Å². The molecule has 4 rings (SSSR count). The van der Waals surface area contributed by atoms with Crippen molar-refractivity contribution in [1.29, 1.82) is 0 Å². The van der Waals surface area contributed by atoms with Crippen molar-refractivity contribution in [2.24, 2.45) is 0 Å². The number of benzene rings is 1. The van der Waals surface area contributed by atoms with Crippen molar-refractivity contribution in [3.63, 3.8) is 0 Å². The van der Waals surface area contributed by atoms with Crippen LogP contribution in [0.2, 0.25) is 5.15 Å². The molecule has 3 heterocycles. The summed E-state index contributed by atoms with van der Waals surface area (Å²) < 4.78 is 5.22. The lowest BCUT2D eigenvalue weighted by Crippen LogP contribution is -2.49. The van der Waals surface area contributed by atoms with Crippen LogP contribution in [0.4, 0.5) is 5.69 Å². The third-order valence-corrected chi connectivity index (χ3v) is 5.34. The molecule has 0 atom stereocenters. The van der Waals surface area contributed by atoms with Gasteiger partial charge in [0, 0.05) is 56.9 Å². The summed E-state index contributed by atoms with van der Waals surface area (Å²) >= 11 is 6.04. The molecule has 150 valence electrons. The first-order valence-corrected chi connectivity index (χ1v) is 9.88. The van der Waals surface area contributed by atoms with Gasteiger partial charge in [0.05, 0.1) is 11.3 Å². The van der Waals surface area contributed by atoms with E-state index >= 15 is 0 Å². The fourth-order valence-corrected chi connectivity index (χ4v) is 3.70. The first-order chi connectivity index (χ1) is 14.1. The molecule has 0 saturated carbocycles. The van der Waals surface area contributed by atoms with Gasteiger partial charge < -0.3 is 14.6 Å². The molecule has 1 aliphatic heterocycles. The molecule has 0 unspecified atom stereocenters. The number of nitrogens with one attached hydrogen (secondary N) is 1. The Balaban J connectivity index is 1.30. The number of halogens is 1. The van der Waals surface area contributed by atoms with Crippen molar-refractivity contribution in [2.75, 3.05) is 44.6 Å². The molecule has 0 spiro atoms. The molecule has 1 amide bonds. The predicted molar refractivity (Wildman–Crippen MR) is 113 cm³/mol. The maximum absolute atomic E-state index is 12.6. The standard InChI is InChI=1S/C21H21ClN4O3/c22-20-16(5-3-7-24-20)21(28)26-12-10-25(11-13-26)9-8-23-17-14-19(27)29-18-6-2-1-4-15(17)18/h1-7,14,23H,8-13H2. The third kappa shape index (κ3) is 4.41. The number of hydrogen-bond acceptors (Lipinski definition) is 6. The van der Waals surface area contributed by atoms with Crippen LogP contribution in [0.15, 0.2) is 57.9 Å². The second-order valence-electron chi connectivity index (χ2n) is 6.88. The average molecular weight is 413 g/mol. The summed E-state index contributed by atoms with van der Waals surface area (Å²) in [6, 6.07) is 12.4. The number of carbonyl (C=O) groups excluding carboxylic acids is 1. The van der Waals surface area contributed by atoms with Crippen LogP contribution >= 0.6 is 11.6 Å². The van der Waals surface area contributed by atoms with E-state index in [1.54, 1.807) is 24.4 Å². The van der Waals surface area contributed by atoms with Gasteiger partial charge in [-0.3, -0.25) is 9.69 Å². The minimum atomic E-state index is -0.368. The van der Waals surface area contributed by atoms with Gasteiger partial charge in [0.25, 0.3) is 5.91 Å². The fourth-order valence-electron chi connectivity index (χ4n) is 3.50. The Morgan fingerprint density at radius 2 is 1.93 bits per heavy atom. The number of fused-ring (bicyclic) bond motifs is 1. The Bertz CT molecular complexity index is 1080. The molecule has 0 aliphatic carbocycles. The molecule has 1 aliphatic rings. The van der Waals surface area contributed by atoms with E-state index in [-0.39, 0.29) is 16.7 Å². The zero-order valence-electron chi connectivity index (χ0n) is 15.8. The molecule has 1 aromatic carbocycles.